The largest absolute Gasteiger partial charge is 0.353 e. The molecule has 0 unspecified atom stereocenters. The second-order valence-corrected chi connectivity index (χ2v) is 6.19. The van der Waals surface area contributed by atoms with E-state index in [-0.39, 0.29) is 0 Å². The molecule has 0 saturated carbocycles. The lowest BCUT2D eigenvalue weighted by Gasteiger charge is -2.03. The number of allylic oxidation sites excluding steroid dienone is 2. The molecular weight excluding hydrogens is 320 g/mol. The van der Waals surface area contributed by atoms with E-state index in [0.29, 0.717) is 0 Å². The Morgan fingerprint density at radius 1 is 0.962 bits per heavy atom. The molecule has 0 radical (unpaired) electrons. The van der Waals surface area contributed by atoms with E-state index in [4.69, 9.17) is 0 Å². The van der Waals surface area contributed by atoms with Crippen LogP contribution in [0.2, 0.25) is 0 Å². The van der Waals surface area contributed by atoms with Crippen LogP contribution in [-0.4, -0.2) is 24.8 Å². The maximum absolute atomic E-state index is 4.49. The number of nitrogens with zero attached hydrogens (tertiary/aromatic N) is 2. The van der Waals surface area contributed by atoms with Crippen molar-refractivity contribution >= 4 is 23.8 Å². The molecule has 4 heteroatoms. The molecule has 2 aromatic carbocycles. The van der Waals surface area contributed by atoms with Gasteiger partial charge in [0, 0.05) is 6.54 Å². The molecule has 0 saturated heterocycles. The average Bonchev–Trinajstić information content (AvgIpc) is 3.17. The van der Waals surface area contributed by atoms with Gasteiger partial charge in [0.15, 0.2) is 0 Å². The zero-order valence-electron chi connectivity index (χ0n) is 15.2. The summed E-state index contributed by atoms with van der Waals surface area (Å²) in [6.07, 6.45) is 8.20. The maximum atomic E-state index is 4.49. The Hall–Kier alpha value is -3.14. The molecule has 0 aromatic heterocycles. The molecule has 1 aliphatic heterocycles. The van der Waals surface area contributed by atoms with Gasteiger partial charge >= 0.3 is 0 Å². The summed E-state index contributed by atoms with van der Waals surface area (Å²) >= 11 is 0. The van der Waals surface area contributed by atoms with Gasteiger partial charge in [0.2, 0.25) is 5.96 Å². The fourth-order valence-electron chi connectivity index (χ4n) is 2.62. The summed E-state index contributed by atoms with van der Waals surface area (Å²) in [5, 5.41) is 7.66. The number of hydrazone groups is 1. The summed E-state index contributed by atoms with van der Waals surface area (Å²) in [4.78, 5) is 4.31. The van der Waals surface area contributed by atoms with E-state index in [2.05, 4.69) is 71.1 Å². The van der Waals surface area contributed by atoms with Gasteiger partial charge in [-0.3, -0.25) is 0 Å². The highest BCUT2D eigenvalue weighted by Gasteiger charge is 2.02. The van der Waals surface area contributed by atoms with Crippen molar-refractivity contribution in [1.29, 1.82) is 0 Å². The monoisotopic (exact) mass is 344 g/mol. The van der Waals surface area contributed by atoms with E-state index in [1.165, 1.54) is 22.3 Å². The second-order valence-electron chi connectivity index (χ2n) is 6.19. The number of benzene rings is 2. The molecule has 0 aliphatic carbocycles. The van der Waals surface area contributed by atoms with Gasteiger partial charge in [-0.1, -0.05) is 60.7 Å². The van der Waals surface area contributed by atoms with Crippen molar-refractivity contribution in [2.24, 2.45) is 10.1 Å². The molecule has 1 heterocycles. The summed E-state index contributed by atoms with van der Waals surface area (Å²) in [7, 11) is 0. The summed E-state index contributed by atoms with van der Waals surface area (Å²) in [5.41, 5.74) is 8.67. The van der Waals surface area contributed by atoms with Crippen LogP contribution in [0, 0.1) is 13.8 Å². The van der Waals surface area contributed by atoms with Crippen molar-refractivity contribution in [3.8, 4) is 0 Å². The van der Waals surface area contributed by atoms with Crippen molar-refractivity contribution < 1.29 is 0 Å². The van der Waals surface area contributed by atoms with Gasteiger partial charge in [-0.25, -0.2) is 10.4 Å². The van der Waals surface area contributed by atoms with Gasteiger partial charge in [-0.2, -0.15) is 5.10 Å². The van der Waals surface area contributed by atoms with Gasteiger partial charge in [-0.05, 0) is 48.3 Å². The molecule has 0 amide bonds. The first kappa shape index (κ1) is 17.7. The quantitative estimate of drug-likeness (QED) is 0.638. The highest BCUT2D eigenvalue weighted by molar-refractivity contribution is 6.09. The molecule has 1 aliphatic rings. The Kier molecular flexibility index (Phi) is 5.99. The third-order valence-electron chi connectivity index (χ3n) is 4.21. The van der Waals surface area contributed by atoms with Crippen LogP contribution in [0.3, 0.4) is 0 Å². The van der Waals surface area contributed by atoms with Crippen LogP contribution in [0.1, 0.15) is 22.3 Å². The molecule has 0 fully saturated rings. The lowest BCUT2D eigenvalue weighted by molar-refractivity contribution is 0.918. The number of hydrogen-bond acceptors (Lipinski definition) is 4. The second kappa shape index (κ2) is 8.81. The number of rotatable bonds is 5. The predicted molar refractivity (Wildman–Crippen MR) is 111 cm³/mol. The highest BCUT2D eigenvalue weighted by Crippen LogP contribution is 2.11. The topological polar surface area (TPSA) is 48.8 Å². The van der Waals surface area contributed by atoms with Crippen LogP contribution in [0.15, 0.2) is 70.8 Å². The highest BCUT2D eigenvalue weighted by atomic mass is 15.4. The normalized spacial score (nSPS) is 13.7. The van der Waals surface area contributed by atoms with Crippen molar-refractivity contribution in [2.45, 2.75) is 13.8 Å². The lowest BCUT2D eigenvalue weighted by Crippen LogP contribution is -2.30. The smallest absolute Gasteiger partial charge is 0.212 e. The van der Waals surface area contributed by atoms with E-state index in [1.54, 1.807) is 0 Å². The van der Waals surface area contributed by atoms with Crippen molar-refractivity contribution in [3.63, 3.8) is 0 Å². The Labute approximate surface area is 155 Å². The molecule has 26 heavy (non-hydrogen) atoms. The van der Waals surface area contributed by atoms with E-state index < -0.39 is 0 Å². The van der Waals surface area contributed by atoms with Crippen LogP contribution in [-0.2, 0) is 0 Å². The third-order valence-corrected chi connectivity index (χ3v) is 4.21. The lowest BCUT2D eigenvalue weighted by atomic mass is 10.1. The Bertz CT molecular complexity index is 818. The molecule has 0 spiro atoms. The number of nitrogens with one attached hydrogen (secondary N) is 2. The predicted octanol–water partition coefficient (Wildman–Crippen LogP) is 3.93. The van der Waals surface area contributed by atoms with Crippen LogP contribution in [0.4, 0.5) is 0 Å². The fraction of sp³-hybridized carbons (Fsp3) is 0.182. The third kappa shape index (κ3) is 4.93. The summed E-state index contributed by atoms with van der Waals surface area (Å²) in [6.45, 7) is 5.85. The van der Waals surface area contributed by atoms with E-state index in [0.717, 1.165) is 24.8 Å². The number of guanidine groups is 1. The molecule has 3 rings (SSSR count). The Balaban J connectivity index is 1.82. The van der Waals surface area contributed by atoms with E-state index >= 15 is 0 Å². The zero-order valence-corrected chi connectivity index (χ0v) is 15.2. The summed E-state index contributed by atoms with van der Waals surface area (Å²) < 4.78 is 0. The van der Waals surface area contributed by atoms with Gasteiger partial charge in [0.25, 0.3) is 0 Å². The SMILES string of the molecule is Cc1ccccc1/C=C/C(/C=C/c1ccccc1C)=NNC1=NCCN1. The molecule has 4 nitrogen and oxygen atoms in total. The van der Waals surface area contributed by atoms with Crippen molar-refractivity contribution in [2.75, 3.05) is 13.1 Å². The van der Waals surface area contributed by atoms with Crippen LogP contribution in [0.25, 0.3) is 12.2 Å². The summed E-state index contributed by atoms with van der Waals surface area (Å²) in [6, 6.07) is 16.6. The minimum atomic E-state index is 0.719. The number of aliphatic imine (C=N–C) groups is 1. The minimum absolute atomic E-state index is 0.719. The van der Waals surface area contributed by atoms with E-state index in [1.807, 2.05) is 36.4 Å². The van der Waals surface area contributed by atoms with Gasteiger partial charge in [0.05, 0.1) is 12.3 Å². The van der Waals surface area contributed by atoms with Crippen molar-refractivity contribution in [1.82, 2.24) is 10.7 Å². The first-order chi connectivity index (χ1) is 12.7. The fourth-order valence-corrected chi connectivity index (χ4v) is 2.62. The van der Waals surface area contributed by atoms with Crippen LogP contribution >= 0.6 is 0 Å². The number of hydrogen-bond donors (Lipinski definition) is 2. The van der Waals surface area contributed by atoms with Gasteiger partial charge in [-0.15, -0.1) is 0 Å². The molecule has 2 aromatic rings. The van der Waals surface area contributed by atoms with Crippen LogP contribution < -0.4 is 10.7 Å². The molecule has 2 N–H and O–H groups in total. The first-order valence-corrected chi connectivity index (χ1v) is 8.82. The minimum Gasteiger partial charge on any atom is -0.353 e. The molecule has 132 valence electrons. The Morgan fingerprint density at radius 2 is 1.54 bits per heavy atom. The number of aryl methyl sites for hydroxylation is 2. The molecule has 0 atom stereocenters. The Morgan fingerprint density at radius 3 is 2.04 bits per heavy atom. The van der Waals surface area contributed by atoms with Crippen LogP contribution in [0.5, 0.6) is 0 Å². The average molecular weight is 344 g/mol. The maximum Gasteiger partial charge on any atom is 0.212 e. The van der Waals surface area contributed by atoms with Crippen molar-refractivity contribution in [3.05, 3.63) is 82.9 Å². The van der Waals surface area contributed by atoms with Gasteiger partial charge < -0.3 is 5.32 Å². The molecular formula is C22H24N4. The summed E-state index contributed by atoms with van der Waals surface area (Å²) in [5.74, 6) is 0.719. The van der Waals surface area contributed by atoms with Gasteiger partial charge in [0.1, 0.15) is 0 Å². The van der Waals surface area contributed by atoms with E-state index in [9.17, 15) is 0 Å². The first-order valence-electron chi connectivity index (χ1n) is 8.82. The standard InChI is InChI=1S/C22H24N4/c1-17-7-3-5-9-19(17)11-13-21(25-26-22-23-15-16-24-22)14-12-20-10-6-4-8-18(20)2/h3-14H,15-16H2,1-2H3,(H2,23,24,26)/b13-11+,14-12+. The molecule has 0 bridgehead atoms. The zero-order chi connectivity index (χ0) is 18.2.